The maximum atomic E-state index is 12.7. The van der Waals surface area contributed by atoms with E-state index < -0.39 is 5.97 Å². The molecule has 4 rings (SSSR count). The molecular formula is C25H21NO3. The Balaban J connectivity index is 1.90. The molecule has 3 aromatic carbocycles. The average molecular weight is 383 g/mol. The number of fused-ring (bicyclic) bond motifs is 1. The third-order valence-corrected chi connectivity index (χ3v) is 5.06. The largest absolute Gasteiger partial charge is 0.481 e. The fourth-order valence-electron chi connectivity index (χ4n) is 3.35. The molecule has 4 aromatic rings. The number of hydrogen-bond donors (Lipinski definition) is 0. The molecule has 144 valence electrons. The Morgan fingerprint density at radius 1 is 0.897 bits per heavy atom. The number of pyridine rings is 1. The van der Waals surface area contributed by atoms with Gasteiger partial charge >= 0.3 is 5.97 Å². The first-order valence-electron chi connectivity index (χ1n) is 9.39. The number of aryl methyl sites for hydroxylation is 2. The summed E-state index contributed by atoms with van der Waals surface area (Å²) in [5.74, 6) is 0.565. The first-order chi connectivity index (χ1) is 14.1. The van der Waals surface area contributed by atoms with E-state index in [1.807, 2.05) is 30.3 Å². The van der Waals surface area contributed by atoms with Gasteiger partial charge in [-0.25, -0.2) is 9.78 Å². The van der Waals surface area contributed by atoms with Crippen molar-refractivity contribution < 1.29 is 14.3 Å². The van der Waals surface area contributed by atoms with E-state index in [4.69, 9.17) is 9.47 Å². The Bertz CT molecular complexity index is 1200. The van der Waals surface area contributed by atoms with Crippen LogP contribution in [0.25, 0.3) is 21.9 Å². The molecule has 0 saturated carbocycles. The van der Waals surface area contributed by atoms with Gasteiger partial charge in [0.2, 0.25) is 5.88 Å². The van der Waals surface area contributed by atoms with Gasteiger partial charge in [0.25, 0.3) is 0 Å². The van der Waals surface area contributed by atoms with Gasteiger partial charge < -0.3 is 9.47 Å². The normalized spacial score (nSPS) is 10.7. The number of nitrogens with zero attached hydrogens (tertiary/aromatic N) is 1. The number of ether oxygens (including phenoxy) is 2. The fraction of sp³-hybridized carbons (Fsp3) is 0.120. The monoisotopic (exact) mass is 383 g/mol. The second-order valence-corrected chi connectivity index (χ2v) is 6.91. The molecule has 0 N–H and O–H groups in total. The molecule has 0 unspecified atom stereocenters. The van der Waals surface area contributed by atoms with E-state index in [0.29, 0.717) is 17.2 Å². The minimum atomic E-state index is -0.403. The van der Waals surface area contributed by atoms with Crippen molar-refractivity contribution in [1.82, 2.24) is 4.98 Å². The predicted octanol–water partition coefficient (Wildman–Crippen LogP) is 5.75. The van der Waals surface area contributed by atoms with Crippen LogP contribution < -0.4 is 9.47 Å². The zero-order chi connectivity index (χ0) is 20.4. The highest BCUT2D eigenvalue weighted by atomic mass is 16.5. The highest BCUT2D eigenvalue weighted by Crippen LogP contribution is 2.39. The molecule has 0 radical (unpaired) electrons. The lowest BCUT2D eigenvalue weighted by Crippen LogP contribution is -2.08. The lowest BCUT2D eigenvalue weighted by molar-refractivity contribution is 0.0737. The molecular weight excluding hydrogens is 362 g/mol. The molecule has 0 saturated heterocycles. The molecule has 0 aliphatic carbocycles. The zero-order valence-corrected chi connectivity index (χ0v) is 16.6. The van der Waals surface area contributed by atoms with Gasteiger partial charge in [-0.15, -0.1) is 0 Å². The number of benzene rings is 3. The van der Waals surface area contributed by atoms with E-state index in [0.717, 1.165) is 21.9 Å². The van der Waals surface area contributed by atoms with Crippen molar-refractivity contribution in [2.24, 2.45) is 0 Å². The van der Waals surface area contributed by atoms with Crippen molar-refractivity contribution in [2.45, 2.75) is 13.8 Å². The smallest absolute Gasteiger partial charge is 0.343 e. The number of methoxy groups -OCH3 is 1. The van der Waals surface area contributed by atoms with E-state index >= 15 is 0 Å². The minimum absolute atomic E-state index is 0.403. The van der Waals surface area contributed by atoms with Crippen molar-refractivity contribution in [3.05, 3.63) is 89.6 Å². The summed E-state index contributed by atoms with van der Waals surface area (Å²) < 4.78 is 11.3. The Morgan fingerprint density at radius 2 is 1.69 bits per heavy atom. The number of carbonyl (C=O) groups is 1. The number of rotatable bonds is 4. The Hall–Kier alpha value is -3.66. The summed E-state index contributed by atoms with van der Waals surface area (Å²) in [6.45, 7) is 4.16. The second-order valence-electron chi connectivity index (χ2n) is 6.91. The first kappa shape index (κ1) is 18.7. The van der Waals surface area contributed by atoms with Crippen LogP contribution in [0.2, 0.25) is 0 Å². The van der Waals surface area contributed by atoms with Crippen LogP contribution >= 0.6 is 0 Å². The van der Waals surface area contributed by atoms with E-state index in [2.05, 4.69) is 37.0 Å². The second kappa shape index (κ2) is 7.76. The van der Waals surface area contributed by atoms with Gasteiger partial charge in [0.05, 0.1) is 12.7 Å². The van der Waals surface area contributed by atoms with Crippen molar-refractivity contribution >= 4 is 16.7 Å². The average Bonchev–Trinajstić information content (AvgIpc) is 2.75. The quantitative estimate of drug-likeness (QED) is 0.333. The van der Waals surface area contributed by atoms with Gasteiger partial charge in [-0.3, -0.25) is 0 Å². The molecule has 0 aliphatic rings. The van der Waals surface area contributed by atoms with Crippen LogP contribution in [0, 0.1) is 13.8 Å². The van der Waals surface area contributed by atoms with E-state index in [9.17, 15) is 4.79 Å². The molecule has 0 fully saturated rings. The maximum Gasteiger partial charge on any atom is 0.343 e. The van der Waals surface area contributed by atoms with Crippen LogP contribution in [0.4, 0.5) is 0 Å². The SMILES string of the molecule is COc1ncc(-c2ccc(C)c(C)c2)c2c(OC(=O)c3ccccc3)cccc12. The Morgan fingerprint density at radius 3 is 2.41 bits per heavy atom. The molecule has 4 nitrogen and oxygen atoms in total. The molecule has 0 bridgehead atoms. The van der Waals surface area contributed by atoms with Gasteiger partial charge in [0.1, 0.15) is 5.75 Å². The third-order valence-electron chi connectivity index (χ3n) is 5.06. The molecule has 4 heteroatoms. The molecule has 0 amide bonds. The van der Waals surface area contributed by atoms with Gasteiger partial charge in [-0.1, -0.05) is 42.5 Å². The summed E-state index contributed by atoms with van der Waals surface area (Å²) in [6, 6.07) is 20.8. The topological polar surface area (TPSA) is 48.4 Å². The summed E-state index contributed by atoms with van der Waals surface area (Å²) in [6.07, 6.45) is 1.77. The molecule has 0 spiro atoms. The summed E-state index contributed by atoms with van der Waals surface area (Å²) in [7, 11) is 1.58. The van der Waals surface area contributed by atoms with Gasteiger partial charge in [0.15, 0.2) is 0 Å². The lowest BCUT2D eigenvalue weighted by Gasteiger charge is -2.15. The number of aromatic nitrogens is 1. The van der Waals surface area contributed by atoms with Gasteiger partial charge in [-0.2, -0.15) is 0 Å². The molecule has 1 heterocycles. The summed E-state index contributed by atoms with van der Waals surface area (Å²) in [5.41, 5.74) is 4.80. The summed E-state index contributed by atoms with van der Waals surface area (Å²) in [5, 5.41) is 1.59. The minimum Gasteiger partial charge on any atom is -0.481 e. The third kappa shape index (κ3) is 3.57. The van der Waals surface area contributed by atoms with E-state index in [1.54, 1.807) is 31.5 Å². The fourth-order valence-corrected chi connectivity index (χ4v) is 3.35. The van der Waals surface area contributed by atoms with Crippen LogP contribution in [-0.2, 0) is 0 Å². The standard InChI is InChI=1S/C25H21NO3/c1-16-12-13-19(14-17(16)2)21-15-26-24(28-3)20-10-7-11-22(23(20)21)29-25(27)18-8-5-4-6-9-18/h4-15H,1-3H3. The van der Waals surface area contributed by atoms with Crippen molar-refractivity contribution in [3.8, 4) is 22.8 Å². The van der Waals surface area contributed by atoms with Crippen LogP contribution in [0.15, 0.2) is 72.9 Å². The number of carbonyl (C=O) groups excluding carboxylic acids is 1. The maximum absolute atomic E-state index is 12.7. The van der Waals surface area contributed by atoms with Crippen molar-refractivity contribution in [2.75, 3.05) is 7.11 Å². The van der Waals surface area contributed by atoms with E-state index in [1.165, 1.54) is 11.1 Å². The highest BCUT2D eigenvalue weighted by molar-refractivity contribution is 6.04. The highest BCUT2D eigenvalue weighted by Gasteiger charge is 2.17. The number of esters is 1. The molecule has 1 aromatic heterocycles. The van der Waals surface area contributed by atoms with E-state index in [-0.39, 0.29) is 0 Å². The first-order valence-corrected chi connectivity index (χ1v) is 9.39. The van der Waals surface area contributed by atoms with Crippen LogP contribution in [0.3, 0.4) is 0 Å². The van der Waals surface area contributed by atoms with Crippen LogP contribution in [0.5, 0.6) is 11.6 Å². The van der Waals surface area contributed by atoms with Gasteiger partial charge in [0, 0.05) is 22.5 Å². The number of hydrogen-bond acceptors (Lipinski definition) is 4. The predicted molar refractivity (Wildman–Crippen MR) is 115 cm³/mol. The molecule has 0 atom stereocenters. The van der Waals surface area contributed by atoms with Crippen LogP contribution in [0.1, 0.15) is 21.5 Å². The van der Waals surface area contributed by atoms with Crippen molar-refractivity contribution in [1.29, 1.82) is 0 Å². The summed E-state index contributed by atoms with van der Waals surface area (Å²) in [4.78, 5) is 17.2. The molecule has 0 aliphatic heterocycles. The Kier molecular flexibility index (Phi) is 5.00. The van der Waals surface area contributed by atoms with Gasteiger partial charge in [-0.05, 0) is 54.8 Å². The van der Waals surface area contributed by atoms with Crippen molar-refractivity contribution in [3.63, 3.8) is 0 Å². The lowest BCUT2D eigenvalue weighted by atomic mass is 9.97. The molecule has 29 heavy (non-hydrogen) atoms. The summed E-state index contributed by atoms with van der Waals surface area (Å²) >= 11 is 0. The Labute approximate surface area is 169 Å². The van der Waals surface area contributed by atoms with Crippen LogP contribution in [-0.4, -0.2) is 18.1 Å². The zero-order valence-electron chi connectivity index (χ0n) is 16.6.